The van der Waals surface area contributed by atoms with Crippen molar-refractivity contribution in [1.29, 1.82) is 0 Å². The second-order valence-corrected chi connectivity index (χ2v) is 4.63. The summed E-state index contributed by atoms with van der Waals surface area (Å²) in [4.78, 5) is 0. The van der Waals surface area contributed by atoms with Crippen molar-refractivity contribution in [1.82, 2.24) is 0 Å². The number of hydrogen-bond donors (Lipinski definition) is 2. The Morgan fingerprint density at radius 1 is 0.727 bits per heavy atom. The third-order valence-corrected chi connectivity index (χ3v) is 2.88. The lowest BCUT2D eigenvalue weighted by Gasteiger charge is -2.09. The molecule has 6 heteroatoms. The fourth-order valence-corrected chi connectivity index (χ4v) is 1.78. The van der Waals surface area contributed by atoms with Gasteiger partial charge in [0.2, 0.25) is 0 Å². The van der Waals surface area contributed by atoms with Crippen molar-refractivity contribution in [2.24, 2.45) is 0 Å². The van der Waals surface area contributed by atoms with Gasteiger partial charge in [0.15, 0.2) is 23.1 Å². The maximum atomic E-state index is 13.4. The van der Waals surface area contributed by atoms with E-state index in [1.54, 1.807) is 0 Å². The Kier molecular flexibility index (Phi) is 5.41. The van der Waals surface area contributed by atoms with Gasteiger partial charge in [0.05, 0.1) is 13.2 Å². The first-order chi connectivity index (χ1) is 10.6. The summed E-state index contributed by atoms with van der Waals surface area (Å²) in [7, 11) is 0. The van der Waals surface area contributed by atoms with Crippen LogP contribution in [0.3, 0.4) is 0 Å². The molecule has 0 heterocycles. The first-order valence-corrected chi connectivity index (χ1v) is 6.79. The summed E-state index contributed by atoms with van der Waals surface area (Å²) in [6, 6.07) is 7.35. The fraction of sp³-hybridized carbons (Fsp3) is 0.250. The third kappa shape index (κ3) is 4.51. The van der Waals surface area contributed by atoms with Crippen molar-refractivity contribution in [3.63, 3.8) is 0 Å². The molecule has 0 radical (unpaired) electrons. The Morgan fingerprint density at radius 2 is 1.14 bits per heavy atom. The summed E-state index contributed by atoms with van der Waals surface area (Å²) in [5.41, 5.74) is 0. The number of aromatic hydroxyl groups is 2. The van der Waals surface area contributed by atoms with Gasteiger partial charge in [-0.05, 0) is 37.1 Å². The molecule has 0 unspecified atom stereocenters. The van der Waals surface area contributed by atoms with E-state index in [9.17, 15) is 8.78 Å². The Morgan fingerprint density at radius 3 is 1.50 bits per heavy atom. The highest BCUT2D eigenvalue weighted by molar-refractivity contribution is 5.32. The number of halogens is 2. The Labute approximate surface area is 126 Å². The van der Waals surface area contributed by atoms with Gasteiger partial charge in [0, 0.05) is 12.1 Å². The standard InChI is InChI=1S/C16H16F2O4/c17-13-9-11(19)3-5-15(13)21-7-1-2-8-22-16-6-4-12(20)10-14(16)18/h3-6,9-10,19-20H,1-2,7-8H2. The number of benzene rings is 2. The van der Waals surface area contributed by atoms with E-state index in [-0.39, 0.29) is 36.2 Å². The zero-order valence-electron chi connectivity index (χ0n) is 11.8. The molecule has 2 aromatic carbocycles. The first-order valence-electron chi connectivity index (χ1n) is 6.79. The lowest BCUT2D eigenvalue weighted by atomic mass is 10.3. The molecule has 0 saturated heterocycles. The van der Waals surface area contributed by atoms with Crippen molar-refractivity contribution in [2.75, 3.05) is 13.2 Å². The second kappa shape index (κ2) is 7.49. The molecular weight excluding hydrogens is 294 g/mol. The van der Waals surface area contributed by atoms with Crippen LogP contribution in [0.2, 0.25) is 0 Å². The van der Waals surface area contributed by atoms with Gasteiger partial charge in [-0.3, -0.25) is 0 Å². The Hall–Kier alpha value is -2.50. The highest BCUT2D eigenvalue weighted by Crippen LogP contribution is 2.23. The lowest BCUT2D eigenvalue weighted by Crippen LogP contribution is -2.04. The quantitative estimate of drug-likeness (QED) is 0.767. The maximum Gasteiger partial charge on any atom is 0.168 e. The molecule has 2 N–H and O–H groups in total. The van der Waals surface area contributed by atoms with Crippen LogP contribution in [0.15, 0.2) is 36.4 Å². The van der Waals surface area contributed by atoms with Gasteiger partial charge < -0.3 is 19.7 Å². The van der Waals surface area contributed by atoms with Gasteiger partial charge in [0.25, 0.3) is 0 Å². The number of hydrogen-bond acceptors (Lipinski definition) is 4. The van der Waals surface area contributed by atoms with Crippen LogP contribution in [0.1, 0.15) is 12.8 Å². The van der Waals surface area contributed by atoms with Gasteiger partial charge in [-0.25, -0.2) is 8.78 Å². The molecule has 0 atom stereocenters. The molecule has 2 rings (SSSR count). The minimum atomic E-state index is -0.623. The predicted octanol–water partition coefficient (Wildman–Crippen LogP) is 3.61. The van der Waals surface area contributed by atoms with Crippen molar-refractivity contribution >= 4 is 0 Å². The minimum absolute atomic E-state index is 0.0725. The van der Waals surface area contributed by atoms with Crippen LogP contribution in [-0.4, -0.2) is 23.4 Å². The Balaban J connectivity index is 1.67. The van der Waals surface area contributed by atoms with E-state index < -0.39 is 11.6 Å². The van der Waals surface area contributed by atoms with Gasteiger partial charge in [-0.15, -0.1) is 0 Å². The molecule has 0 spiro atoms. The Bertz CT molecular complexity index is 576. The predicted molar refractivity (Wildman–Crippen MR) is 76.4 cm³/mol. The van der Waals surface area contributed by atoms with Crippen molar-refractivity contribution in [3.05, 3.63) is 48.0 Å². The summed E-state index contributed by atoms with van der Waals surface area (Å²) in [5.74, 6) is -1.42. The fourth-order valence-electron chi connectivity index (χ4n) is 1.78. The molecule has 0 aromatic heterocycles. The van der Waals surface area contributed by atoms with Crippen LogP contribution in [0.25, 0.3) is 0 Å². The number of unbranched alkanes of at least 4 members (excludes halogenated alkanes) is 1. The second-order valence-electron chi connectivity index (χ2n) is 4.63. The number of ether oxygens (including phenoxy) is 2. The van der Waals surface area contributed by atoms with E-state index >= 15 is 0 Å². The monoisotopic (exact) mass is 310 g/mol. The van der Waals surface area contributed by atoms with E-state index in [4.69, 9.17) is 19.7 Å². The molecule has 0 bridgehead atoms. The largest absolute Gasteiger partial charge is 0.508 e. The topological polar surface area (TPSA) is 58.9 Å². The van der Waals surface area contributed by atoms with Crippen LogP contribution in [0.5, 0.6) is 23.0 Å². The molecular formula is C16H16F2O4. The summed E-state index contributed by atoms with van der Waals surface area (Å²) in [6.07, 6.45) is 1.19. The van der Waals surface area contributed by atoms with E-state index in [1.807, 2.05) is 0 Å². The number of phenolic OH excluding ortho intramolecular Hbond substituents is 2. The lowest BCUT2D eigenvalue weighted by molar-refractivity contribution is 0.254. The van der Waals surface area contributed by atoms with Crippen molar-refractivity contribution in [2.45, 2.75) is 12.8 Å². The smallest absolute Gasteiger partial charge is 0.168 e. The molecule has 0 aliphatic heterocycles. The van der Waals surface area contributed by atoms with E-state index in [0.29, 0.717) is 12.8 Å². The zero-order chi connectivity index (χ0) is 15.9. The van der Waals surface area contributed by atoms with Crippen LogP contribution in [0.4, 0.5) is 8.78 Å². The number of phenols is 2. The third-order valence-electron chi connectivity index (χ3n) is 2.88. The molecule has 0 aliphatic carbocycles. The van der Waals surface area contributed by atoms with Gasteiger partial charge >= 0.3 is 0 Å². The molecule has 0 amide bonds. The zero-order valence-corrected chi connectivity index (χ0v) is 11.8. The molecule has 2 aromatic rings. The molecule has 0 saturated carbocycles. The van der Waals surface area contributed by atoms with Crippen LogP contribution >= 0.6 is 0 Å². The van der Waals surface area contributed by atoms with Crippen LogP contribution < -0.4 is 9.47 Å². The molecule has 22 heavy (non-hydrogen) atoms. The SMILES string of the molecule is Oc1ccc(OCCCCOc2ccc(O)cc2F)c(F)c1. The maximum absolute atomic E-state index is 13.4. The first kappa shape index (κ1) is 15.9. The molecule has 4 nitrogen and oxygen atoms in total. The summed E-state index contributed by atoms with van der Waals surface area (Å²) in [5, 5.41) is 18.1. The van der Waals surface area contributed by atoms with Gasteiger partial charge in [-0.1, -0.05) is 0 Å². The molecule has 0 aliphatic rings. The van der Waals surface area contributed by atoms with Crippen molar-refractivity contribution in [3.8, 4) is 23.0 Å². The highest BCUT2D eigenvalue weighted by atomic mass is 19.1. The van der Waals surface area contributed by atoms with E-state index in [0.717, 1.165) is 12.1 Å². The summed E-state index contributed by atoms with van der Waals surface area (Å²) in [6.45, 7) is 0.562. The molecule has 118 valence electrons. The summed E-state index contributed by atoms with van der Waals surface area (Å²) < 4.78 is 37.2. The van der Waals surface area contributed by atoms with Crippen LogP contribution in [0, 0.1) is 11.6 Å². The summed E-state index contributed by atoms with van der Waals surface area (Å²) >= 11 is 0. The average molecular weight is 310 g/mol. The van der Waals surface area contributed by atoms with E-state index in [1.165, 1.54) is 24.3 Å². The van der Waals surface area contributed by atoms with Crippen molar-refractivity contribution < 1.29 is 28.5 Å². The highest BCUT2D eigenvalue weighted by Gasteiger charge is 2.05. The minimum Gasteiger partial charge on any atom is -0.508 e. The van der Waals surface area contributed by atoms with E-state index in [2.05, 4.69) is 0 Å². The normalized spacial score (nSPS) is 10.5. The van der Waals surface area contributed by atoms with Crippen LogP contribution in [-0.2, 0) is 0 Å². The molecule has 0 fully saturated rings. The van der Waals surface area contributed by atoms with Gasteiger partial charge in [0.1, 0.15) is 11.5 Å². The van der Waals surface area contributed by atoms with Gasteiger partial charge in [-0.2, -0.15) is 0 Å². The average Bonchev–Trinajstić information content (AvgIpc) is 2.46. The number of rotatable bonds is 7.